The van der Waals surface area contributed by atoms with Gasteiger partial charge in [-0.1, -0.05) is 40.2 Å². The number of amides is 1. The minimum atomic E-state index is -0.396. The van der Waals surface area contributed by atoms with Gasteiger partial charge in [-0.25, -0.2) is 5.43 Å². The van der Waals surface area contributed by atoms with E-state index in [1.54, 1.807) is 18.3 Å². The zero-order valence-electron chi connectivity index (χ0n) is 15.3. The summed E-state index contributed by atoms with van der Waals surface area (Å²) in [4.78, 5) is 24.9. The third kappa shape index (κ3) is 5.71. The maximum atomic E-state index is 12.3. The molecule has 8 heteroatoms. The maximum Gasteiger partial charge on any atom is 0.269 e. The number of carbonyl (C=O) groups excluding carboxylic acids is 1. The van der Waals surface area contributed by atoms with Crippen LogP contribution in [0.15, 0.2) is 58.1 Å². The summed E-state index contributed by atoms with van der Waals surface area (Å²) in [6.07, 6.45) is 3.17. The fourth-order valence-corrected chi connectivity index (χ4v) is 3.60. The Bertz CT molecular complexity index is 862. The summed E-state index contributed by atoms with van der Waals surface area (Å²) >= 11 is 3.40. The van der Waals surface area contributed by atoms with Crippen molar-refractivity contribution in [2.45, 2.75) is 19.4 Å². The topological polar surface area (TPSA) is 87.8 Å². The fourth-order valence-electron chi connectivity index (χ4n) is 3.18. The second-order valence-electron chi connectivity index (χ2n) is 6.76. The normalized spacial score (nSPS) is 15.6. The van der Waals surface area contributed by atoms with E-state index < -0.39 is 4.92 Å². The van der Waals surface area contributed by atoms with Crippen molar-refractivity contribution in [2.24, 2.45) is 11.0 Å². The lowest BCUT2D eigenvalue weighted by Gasteiger charge is -2.30. The van der Waals surface area contributed by atoms with Crippen LogP contribution < -0.4 is 5.43 Å². The summed E-state index contributed by atoms with van der Waals surface area (Å²) in [5, 5.41) is 14.8. The molecule has 0 atom stereocenters. The Labute approximate surface area is 171 Å². The average Bonchev–Trinajstić information content (AvgIpc) is 2.69. The van der Waals surface area contributed by atoms with Crippen LogP contribution in [0.25, 0.3) is 0 Å². The van der Waals surface area contributed by atoms with Crippen molar-refractivity contribution < 1.29 is 9.72 Å². The first-order chi connectivity index (χ1) is 13.5. The predicted molar refractivity (Wildman–Crippen MR) is 111 cm³/mol. The van der Waals surface area contributed by atoms with Crippen LogP contribution in [0.5, 0.6) is 0 Å². The molecule has 0 bridgehead atoms. The zero-order valence-corrected chi connectivity index (χ0v) is 16.8. The molecule has 0 saturated carbocycles. The van der Waals surface area contributed by atoms with Crippen LogP contribution in [0, 0.1) is 16.0 Å². The Balaban J connectivity index is 1.44. The van der Waals surface area contributed by atoms with E-state index in [9.17, 15) is 14.9 Å². The summed E-state index contributed by atoms with van der Waals surface area (Å²) < 4.78 is 0.961. The molecule has 2 aromatic rings. The number of nitrogens with one attached hydrogen (secondary N) is 1. The van der Waals surface area contributed by atoms with Gasteiger partial charge in [-0.15, -0.1) is 0 Å². The predicted octanol–water partition coefficient (Wildman–Crippen LogP) is 3.72. The Kier molecular flexibility index (Phi) is 6.89. The van der Waals surface area contributed by atoms with Crippen molar-refractivity contribution in [3.05, 3.63) is 74.2 Å². The summed E-state index contributed by atoms with van der Waals surface area (Å²) in [7, 11) is 0. The molecule has 0 aliphatic carbocycles. The van der Waals surface area contributed by atoms with E-state index in [1.165, 1.54) is 12.1 Å². The van der Waals surface area contributed by atoms with Crippen LogP contribution in [0.2, 0.25) is 0 Å². The van der Waals surface area contributed by atoms with E-state index in [1.807, 2.05) is 24.3 Å². The number of piperidine rings is 1. The van der Waals surface area contributed by atoms with Gasteiger partial charge in [0.1, 0.15) is 0 Å². The number of hydrazone groups is 1. The lowest BCUT2D eigenvalue weighted by Crippen LogP contribution is -2.39. The molecular weight excluding hydrogens is 424 g/mol. The second kappa shape index (κ2) is 9.57. The highest BCUT2D eigenvalue weighted by atomic mass is 79.9. The van der Waals surface area contributed by atoms with Gasteiger partial charge in [0.15, 0.2) is 0 Å². The Hall–Kier alpha value is -2.58. The molecule has 1 aliphatic heterocycles. The lowest BCUT2D eigenvalue weighted by atomic mass is 9.96. The third-order valence-electron chi connectivity index (χ3n) is 4.75. The largest absolute Gasteiger partial charge is 0.299 e. The Morgan fingerprint density at radius 2 is 1.96 bits per heavy atom. The number of hydrogen-bond donors (Lipinski definition) is 1. The van der Waals surface area contributed by atoms with E-state index in [2.05, 4.69) is 31.4 Å². The van der Waals surface area contributed by atoms with E-state index >= 15 is 0 Å². The zero-order chi connectivity index (χ0) is 19.9. The molecule has 1 heterocycles. The van der Waals surface area contributed by atoms with Crippen molar-refractivity contribution >= 4 is 33.7 Å². The van der Waals surface area contributed by atoms with E-state index in [4.69, 9.17) is 0 Å². The first-order valence-electron chi connectivity index (χ1n) is 9.05. The number of nitrogens with zero attached hydrogens (tertiary/aromatic N) is 3. The van der Waals surface area contributed by atoms with Crippen molar-refractivity contribution in [1.29, 1.82) is 0 Å². The van der Waals surface area contributed by atoms with Gasteiger partial charge in [-0.2, -0.15) is 5.10 Å². The molecule has 1 fully saturated rings. The average molecular weight is 445 g/mol. The summed E-state index contributed by atoms with van der Waals surface area (Å²) in [5.41, 5.74) is 4.68. The van der Waals surface area contributed by atoms with Gasteiger partial charge in [-0.3, -0.25) is 19.8 Å². The molecule has 0 unspecified atom stereocenters. The maximum absolute atomic E-state index is 12.3. The molecular formula is C20H21BrN4O3. The molecule has 7 nitrogen and oxygen atoms in total. The second-order valence-corrected chi connectivity index (χ2v) is 7.68. The van der Waals surface area contributed by atoms with E-state index in [0.717, 1.165) is 48.1 Å². The molecule has 3 rings (SSSR count). The molecule has 28 heavy (non-hydrogen) atoms. The fraction of sp³-hybridized carbons (Fsp3) is 0.300. The number of carbonyl (C=O) groups is 1. The highest BCUT2D eigenvalue weighted by molar-refractivity contribution is 9.10. The molecule has 1 aliphatic rings. The number of nitro groups is 1. The standard InChI is InChI=1S/C20H21BrN4O3/c21-18-3-1-2-16(12-18)13-22-23-20(26)17-8-10-24(11-9-17)14-15-4-6-19(7-5-15)25(27)28/h1-7,12-13,17H,8-11,14H2,(H,23,26). The Morgan fingerprint density at radius 3 is 2.61 bits per heavy atom. The smallest absolute Gasteiger partial charge is 0.269 e. The van der Waals surface area contributed by atoms with Gasteiger partial charge < -0.3 is 0 Å². The number of hydrogen-bond acceptors (Lipinski definition) is 5. The van der Waals surface area contributed by atoms with Crippen LogP contribution in [0.4, 0.5) is 5.69 Å². The molecule has 1 N–H and O–H groups in total. The van der Waals surface area contributed by atoms with Gasteiger partial charge in [0, 0.05) is 29.1 Å². The number of benzene rings is 2. The summed E-state index contributed by atoms with van der Waals surface area (Å²) in [6, 6.07) is 14.3. The summed E-state index contributed by atoms with van der Waals surface area (Å²) in [5.74, 6) is -0.103. The molecule has 0 aromatic heterocycles. The number of halogens is 1. The van der Waals surface area contributed by atoms with Crippen LogP contribution in [0.3, 0.4) is 0 Å². The van der Waals surface area contributed by atoms with Crippen LogP contribution >= 0.6 is 15.9 Å². The van der Waals surface area contributed by atoms with Crippen molar-refractivity contribution in [2.75, 3.05) is 13.1 Å². The third-order valence-corrected chi connectivity index (χ3v) is 5.24. The number of nitro benzene ring substituents is 1. The molecule has 0 radical (unpaired) electrons. The molecule has 1 saturated heterocycles. The molecule has 2 aromatic carbocycles. The Morgan fingerprint density at radius 1 is 1.25 bits per heavy atom. The first kappa shape index (κ1) is 20.2. The van der Waals surface area contributed by atoms with Gasteiger partial charge >= 0.3 is 0 Å². The van der Waals surface area contributed by atoms with Crippen LogP contribution in [-0.2, 0) is 11.3 Å². The van der Waals surface area contributed by atoms with Gasteiger partial charge in [0.2, 0.25) is 5.91 Å². The molecule has 1 amide bonds. The number of non-ortho nitro benzene ring substituents is 1. The lowest BCUT2D eigenvalue weighted by molar-refractivity contribution is -0.384. The van der Waals surface area contributed by atoms with Gasteiger partial charge in [-0.05, 0) is 49.2 Å². The van der Waals surface area contributed by atoms with E-state index in [-0.39, 0.29) is 17.5 Å². The van der Waals surface area contributed by atoms with Crippen LogP contribution in [-0.4, -0.2) is 35.0 Å². The minimum Gasteiger partial charge on any atom is -0.299 e. The van der Waals surface area contributed by atoms with Gasteiger partial charge in [0.05, 0.1) is 11.1 Å². The van der Waals surface area contributed by atoms with E-state index in [0.29, 0.717) is 0 Å². The van der Waals surface area contributed by atoms with Gasteiger partial charge in [0.25, 0.3) is 5.69 Å². The summed E-state index contributed by atoms with van der Waals surface area (Å²) in [6.45, 7) is 2.35. The molecule has 146 valence electrons. The minimum absolute atomic E-state index is 0.0484. The first-order valence-corrected chi connectivity index (χ1v) is 9.85. The monoisotopic (exact) mass is 444 g/mol. The van der Waals surface area contributed by atoms with Crippen molar-refractivity contribution in [3.63, 3.8) is 0 Å². The number of rotatable bonds is 6. The molecule has 0 spiro atoms. The highest BCUT2D eigenvalue weighted by Crippen LogP contribution is 2.20. The van der Waals surface area contributed by atoms with Crippen molar-refractivity contribution in [3.8, 4) is 0 Å². The van der Waals surface area contributed by atoms with Crippen molar-refractivity contribution in [1.82, 2.24) is 10.3 Å². The number of likely N-dealkylation sites (tertiary alicyclic amines) is 1. The quantitative estimate of drug-likeness (QED) is 0.417. The SMILES string of the molecule is O=C(NN=Cc1cccc(Br)c1)C1CCN(Cc2ccc([N+](=O)[O-])cc2)CC1. The highest BCUT2D eigenvalue weighted by Gasteiger charge is 2.24. The van der Waals surface area contributed by atoms with Crippen LogP contribution in [0.1, 0.15) is 24.0 Å².